The molecule has 254 valence electrons. The molecule has 48 heavy (non-hydrogen) atoms. The predicted octanol–water partition coefficient (Wildman–Crippen LogP) is 1.99. The van der Waals surface area contributed by atoms with Gasteiger partial charge in [-0.2, -0.15) is 0 Å². The van der Waals surface area contributed by atoms with Gasteiger partial charge < -0.3 is 29.6 Å². The maximum absolute atomic E-state index is 13.6. The summed E-state index contributed by atoms with van der Waals surface area (Å²) in [6.07, 6.45) is 1.04. The fourth-order valence-corrected chi connectivity index (χ4v) is 6.33. The van der Waals surface area contributed by atoms with Gasteiger partial charge in [0, 0.05) is 32.1 Å². The molecule has 1 aliphatic rings. The smallest absolute Gasteiger partial charge is 0.262 e. The van der Waals surface area contributed by atoms with E-state index >= 15 is 0 Å². The molecule has 0 unspecified atom stereocenters. The summed E-state index contributed by atoms with van der Waals surface area (Å²) in [5.41, 5.74) is 1.78. The van der Waals surface area contributed by atoms with Crippen molar-refractivity contribution in [2.75, 3.05) is 39.9 Å². The van der Waals surface area contributed by atoms with Gasteiger partial charge in [-0.05, 0) is 54.3 Å². The van der Waals surface area contributed by atoms with Crippen molar-refractivity contribution < 1.29 is 37.0 Å². The second-order valence-corrected chi connectivity index (χ2v) is 13.2. The zero-order valence-electron chi connectivity index (χ0n) is 26.3. The number of aromatic nitrogens is 2. The van der Waals surface area contributed by atoms with Crippen LogP contribution in [-0.4, -0.2) is 69.6 Å². The lowest BCUT2D eigenvalue weighted by Crippen LogP contribution is -2.31. The van der Waals surface area contributed by atoms with E-state index in [9.17, 15) is 22.8 Å². The van der Waals surface area contributed by atoms with E-state index in [4.69, 9.17) is 24.1 Å². The van der Waals surface area contributed by atoms with Crippen LogP contribution < -0.4 is 40.3 Å². The number of fused-ring (bicyclic) bond motifs is 2. The molecule has 0 aliphatic carbocycles. The average molecular weight is 698 g/mol. The summed E-state index contributed by atoms with van der Waals surface area (Å²) in [7, 11) is -0.663. The number of rotatable bonds is 15. The minimum Gasteiger partial charge on any atom is -0.493 e. The topological polar surface area (TPSA) is 190 Å². The van der Waals surface area contributed by atoms with Gasteiger partial charge in [-0.1, -0.05) is 30.0 Å². The zero-order valence-corrected chi connectivity index (χ0v) is 27.9. The van der Waals surface area contributed by atoms with Crippen molar-refractivity contribution in [3.63, 3.8) is 0 Å². The maximum atomic E-state index is 13.6. The Morgan fingerprint density at radius 2 is 1.56 bits per heavy atom. The predicted molar refractivity (Wildman–Crippen MR) is 178 cm³/mol. The highest BCUT2D eigenvalue weighted by atomic mass is 32.2. The van der Waals surface area contributed by atoms with Crippen molar-refractivity contribution in [2.45, 2.75) is 35.9 Å². The molecular formula is C32H35N5O9S2. The first-order valence-corrected chi connectivity index (χ1v) is 17.4. The third-order valence-corrected chi connectivity index (χ3v) is 9.39. The van der Waals surface area contributed by atoms with E-state index in [2.05, 4.69) is 15.6 Å². The fourth-order valence-electron chi connectivity index (χ4n) is 4.96. The van der Waals surface area contributed by atoms with Gasteiger partial charge in [-0.25, -0.2) is 18.5 Å². The Labute approximate surface area is 281 Å². The highest BCUT2D eigenvalue weighted by Crippen LogP contribution is 2.35. The number of hydrogen-bond acceptors (Lipinski definition) is 11. The highest BCUT2D eigenvalue weighted by Gasteiger charge is 2.20. The van der Waals surface area contributed by atoms with Gasteiger partial charge in [0.15, 0.2) is 28.2 Å². The number of ether oxygens (including phenoxy) is 4. The number of hydrogen-bond donors (Lipinski definition) is 3. The van der Waals surface area contributed by atoms with Crippen LogP contribution in [0.15, 0.2) is 69.4 Å². The van der Waals surface area contributed by atoms with Crippen molar-refractivity contribution in [2.24, 2.45) is 5.14 Å². The van der Waals surface area contributed by atoms with Crippen LogP contribution in [0.4, 0.5) is 0 Å². The van der Waals surface area contributed by atoms with E-state index < -0.39 is 10.0 Å². The Morgan fingerprint density at radius 1 is 0.917 bits per heavy atom. The largest absolute Gasteiger partial charge is 0.493 e. The minimum absolute atomic E-state index is 0.00752. The SMILES string of the molecule is COc1ccc(CCNC(=O)CCn2c(SCC(=O)NCCc3ccc(S(N)(=O)=O)cc3)nc3cc4c(cc3c2=O)OCO4)cc1OC. The Morgan fingerprint density at radius 3 is 2.25 bits per heavy atom. The summed E-state index contributed by atoms with van der Waals surface area (Å²) in [5.74, 6) is 1.53. The third kappa shape index (κ3) is 8.56. The van der Waals surface area contributed by atoms with Gasteiger partial charge >= 0.3 is 0 Å². The second-order valence-electron chi connectivity index (χ2n) is 10.7. The minimum atomic E-state index is -3.78. The molecule has 0 radical (unpaired) electrons. The number of sulfonamides is 1. The molecule has 0 spiro atoms. The van der Waals surface area contributed by atoms with Crippen LogP contribution in [0.25, 0.3) is 10.9 Å². The molecule has 1 aliphatic heterocycles. The van der Waals surface area contributed by atoms with Gasteiger partial charge in [-0.3, -0.25) is 19.0 Å². The normalized spacial score (nSPS) is 12.1. The Bertz CT molecular complexity index is 1980. The molecule has 14 nitrogen and oxygen atoms in total. The molecule has 16 heteroatoms. The lowest BCUT2D eigenvalue weighted by Gasteiger charge is -2.14. The first kappa shape index (κ1) is 34.5. The lowest BCUT2D eigenvalue weighted by atomic mass is 10.1. The maximum Gasteiger partial charge on any atom is 0.262 e. The molecular weight excluding hydrogens is 663 g/mol. The summed E-state index contributed by atoms with van der Waals surface area (Å²) in [6.45, 7) is 0.748. The van der Waals surface area contributed by atoms with Crippen LogP contribution >= 0.6 is 11.8 Å². The van der Waals surface area contributed by atoms with Crippen LogP contribution in [-0.2, 0) is 39.0 Å². The summed E-state index contributed by atoms with van der Waals surface area (Å²) >= 11 is 1.07. The van der Waals surface area contributed by atoms with E-state index in [1.165, 1.54) is 16.7 Å². The number of nitrogens with zero attached hydrogens (tertiary/aromatic N) is 2. The molecule has 0 saturated heterocycles. The zero-order chi connectivity index (χ0) is 34.3. The first-order valence-electron chi connectivity index (χ1n) is 14.9. The lowest BCUT2D eigenvalue weighted by molar-refractivity contribution is -0.121. The number of nitrogens with one attached hydrogen (secondary N) is 2. The van der Waals surface area contributed by atoms with Crippen LogP contribution in [0.3, 0.4) is 0 Å². The molecule has 0 saturated carbocycles. The molecule has 0 atom stereocenters. The Kier molecular flexibility index (Phi) is 11.1. The number of nitrogens with two attached hydrogens (primary N) is 1. The van der Waals surface area contributed by atoms with E-state index in [1.807, 2.05) is 12.1 Å². The Hall–Kier alpha value is -4.80. The molecule has 3 aromatic carbocycles. The number of methoxy groups -OCH3 is 2. The molecule has 4 N–H and O–H groups in total. The average Bonchev–Trinajstić information content (AvgIpc) is 3.53. The van der Waals surface area contributed by atoms with Gasteiger partial charge in [0.2, 0.25) is 28.6 Å². The van der Waals surface area contributed by atoms with Crippen molar-refractivity contribution in [3.05, 3.63) is 76.1 Å². The van der Waals surface area contributed by atoms with E-state index in [0.29, 0.717) is 59.8 Å². The molecule has 4 aromatic rings. The summed E-state index contributed by atoms with van der Waals surface area (Å²) in [5, 5.41) is 11.4. The van der Waals surface area contributed by atoms with Crippen LogP contribution in [0.5, 0.6) is 23.0 Å². The summed E-state index contributed by atoms with van der Waals surface area (Å²) in [4.78, 5) is 43.8. The fraction of sp³-hybridized carbons (Fsp3) is 0.312. The van der Waals surface area contributed by atoms with Gasteiger partial charge in [0.05, 0.1) is 35.8 Å². The van der Waals surface area contributed by atoms with E-state index in [1.54, 1.807) is 44.6 Å². The van der Waals surface area contributed by atoms with Gasteiger partial charge in [0.1, 0.15) is 0 Å². The number of primary sulfonamides is 1. The summed E-state index contributed by atoms with van der Waals surface area (Å²) < 4.78 is 45.8. The molecule has 0 fully saturated rings. The van der Waals surface area contributed by atoms with Crippen molar-refractivity contribution >= 4 is 44.5 Å². The standard InChI is InChI=1S/C32H35N5O9S2/c1-43-25-8-5-21(15-26(25)44-2)10-13-34-29(38)11-14-37-31(40)23-16-27-28(46-19-45-27)17-24(23)36-32(37)47-18-30(39)35-12-9-20-3-6-22(7-4-20)48(33,41)42/h3-8,15-17H,9-14,18-19H2,1-2H3,(H,34,38)(H,35,39)(H2,33,41,42). The number of benzene rings is 3. The summed E-state index contributed by atoms with van der Waals surface area (Å²) in [6, 6.07) is 14.8. The third-order valence-electron chi connectivity index (χ3n) is 7.48. The van der Waals surface area contributed by atoms with Gasteiger partial charge in [0.25, 0.3) is 5.56 Å². The van der Waals surface area contributed by atoms with Crippen LogP contribution in [0.1, 0.15) is 17.5 Å². The molecule has 2 amide bonds. The first-order chi connectivity index (χ1) is 23.0. The number of carbonyl (C=O) groups is 2. The van der Waals surface area contributed by atoms with Crippen LogP contribution in [0, 0.1) is 0 Å². The highest BCUT2D eigenvalue weighted by molar-refractivity contribution is 7.99. The van der Waals surface area contributed by atoms with Crippen LogP contribution in [0.2, 0.25) is 0 Å². The molecule has 0 bridgehead atoms. The molecule has 2 heterocycles. The number of amides is 2. The van der Waals surface area contributed by atoms with Crippen molar-refractivity contribution in [1.82, 2.24) is 20.2 Å². The monoisotopic (exact) mass is 697 g/mol. The molecule has 1 aromatic heterocycles. The van der Waals surface area contributed by atoms with E-state index in [0.717, 1.165) is 22.9 Å². The Balaban J connectivity index is 1.21. The second kappa shape index (κ2) is 15.4. The molecule has 5 rings (SSSR count). The van der Waals surface area contributed by atoms with Gasteiger partial charge in [-0.15, -0.1) is 0 Å². The number of carbonyl (C=O) groups excluding carboxylic acids is 2. The van der Waals surface area contributed by atoms with Crippen molar-refractivity contribution in [1.29, 1.82) is 0 Å². The van der Waals surface area contributed by atoms with Crippen molar-refractivity contribution in [3.8, 4) is 23.0 Å². The quantitative estimate of drug-likeness (QED) is 0.122. The van der Waals surface area contributed by atoms with E-state index in [-0.39, 0.29) is 52.9 Å². The number of thioether (sulfide) groups is 1.